The van der Waals surface area contributed by atoms with Gasteiger partial charge in [-0.05, 0) is 49.3 Å². The van der Waals surface area contributed by atoms with Gasteiger partial charge in [0.1, 0.15) is 5.82 Å². The number of aromatic amines is 1. The Labute approximate surface area is 177 Å². The van der Waals surface area contributed by atoms with E-state index < -0.39 is 0 Å². The average Bonchev–Trinajstić information content (AvgIpc) is 3.15. The van der Waals surface area contributed by atoms with E-state index >= 15 is 0 Å². The van der Waals surface area contributed by atoms with Crippen molar-refractivity contribution in [2.75, 3.05) is 11.9 Å². The van der Waals surface area contributed by atoms with Gasteiger partial charge in [0.2, 0.25) is 0 Å². The molecule has 154 valence electrons. The van der Waals surface area contributed by atoms with Crippen molar-refractivity contribution in [3.05, 3.63) is 65.0 Å². The monoisotopic (exact) mass is 400 g/mol. The Morgan fingerprint density at radius 3 is 2.93 bits per heavy atom. The Morgan fingerprint density at radius 1 is 1.47 bits per heavy atom. The summed E-state index contributed by atoms with van der Waals surface area (Å²) in [5.74, 6) is 0.617. The summed E-state index contributed by atoms with van der Waals surface area (Å²) in [5.41, 5.74) is 6.74. The molecule has 1 aliphatic rings. The van der Waals surface area contributed by atoms with E-state index in [4.69, 9.17) is 10.7 Å². The van der Waals surface area contributed by atoms with Crippen molar-refractivity contribution in [3.63, 3.8) is 0 Å². The molecule has 0 aliphatic heterocycles. The maximum atomic E-state index is 9.10. The van der Waals surface area contributed by atoms with Gasteiger partial charge in [-0.3, -0.25) is 5.10 Å². The topological polar surface area (TPSA) is 101 Å². The van der Waals surface area contributed by atoms with Gasteiger partial charge in [-0.2, -0.15) is 10.4 Å². The lowest BCUT2D eigenvalue weighted by atomic mass is 9.76. The fourth-order valence-corrected chi connectivity index (χ4v) is 3.70. The van der Waals surface area contributed by atoms with Crippen molar-refractivity contribution in [2.24, 2.45) is 5.41 Å². The summed E-state index contributed by atoms with van der Waals surface area (Å²) in [5, 5.41) is 27.9. The fraction of sp³-hybridized carbons (Fsp3) is 0.333. The number of allylic oxidation sites excluding steroid dienone is 3. The molecule has 0 radical (unpaired) electrons. The lowest BCUT2D eigenvalue weighted by Crippen LogP contribution is -2.21. The first-order chi connectivity index (χ1) is 14.4. The molecule has 0 fully saturated rings. The molecule has 3 N–H and O–H groups in total. The van der Waals surface area contributed by atoms with Gasteiger partial charge in [-0.25, -0.2) is 4.98 Å². The van der Waals surface area contributed by atoms with Gasteiger partial charge in [-0.15, -0.1) is 0 Å². The van der Waals surface area contributed by atoms with Crippen LogP contribution < -0.4 is 5.32 Å². The Bertz CT molecular complexity index is 1060. The second-order valence-electron chi connectivity index (χ2n) is 8.31. The van der Waals surface area contributed by atoms with Crippen molar-refractivity contribution < 1.29 is 0 Å². The van der Waals surface area contributed by atoms with E-state index in [1.54, 1.807) is 24.4 Å². The summed E-state index contributed by atoms with van der Waals surface area (Å²) < 4.78 is 0. The van der Waals surface area contributed by atoms with E-state index in [2.05, 4.69) is 47.0 Å². The molecule has 0 bridgehead atoms. The molecule has 0 aromatic carbocycles. The van der Waals surface area contributed by atoms with E-state index in [1.807, 2.05) is 13.0 Å². The van der Waals surface area contributed by atoms with Crippen molar-refractivity contribution in [3.8, 4) is 17.3 Å². The fourth-order valence-electron chi connectivity index (χ4n) is 3.70. The van der Waals surface area contributed by atoms with E-state index in [0.717, 1.165) is 36.1 Å². The maximum Gasteiger partial charge on any atom is 0.135 e. The smallest absolute Gasteiger partial charge is 0.135 e. The van der Waals surface area contributed by atoms with Crippen LogP contribution in [-0.2, 0) is 12.8 Å². The number of hydrogen-bond acceptors (Lipinski definition) is 5. The zero-order chi connectivity index (χ0) is 21.7. The average molecular weight is 401 g/mol. The number of anilines is 1. The standard InChI is InChI=1S/C24H28N6/c1-5-16(12-25)9-17(6-2)14-27-23-18(13-26)10-19(15-28-23)22-20-7-8-24(3,4)11-21(20)29-30-22/h5-6,9-10,13,15,26H,2,7-8,11,14H2,1,3-4H3,(H,27,28)(H,29,30)/b16-5+,17-9+,26-13?. The molecule has 0 atom stereocenters. The second kappa shape index (κ2) is 8.91. The number of nitrogens with one attached hydrogen (secondary N) is 3. The second-order valence-corrected chi connectivity index (χ2v) is 8.31. The van der Waals surface area contributed by atoms with Gasteiger partial charge < -0.3 is 10.7 Å². The summed E-state index contributed by atoms with van der Waals surface area (Å²) in [4.78, 5) is 4.55. The third kappa shape index (κ3) is 4.57. The summed E-state index contributed by atoms with van der Waals surface area (Å²) in [6.45, 7) is 10.7. The van der Waals surface area contributed by atoms with E-state index in [-0.39, 0.29) is 5.41 Å². The molecule has 30 heavy (non-hydrogen) atoms. The molecule has 0 spiro atoms. The number of hydrogen-bond donors (Lipinski definition) is 3. The molecule has 0 unspecified atom stereocenters. The highest BCUT2D eigenvalue weighted by atomic mass is 15.1. The van der Waals surface area contributed by atoms with Crippen LogP contribution in [0.25, 0.3) is 11.3 Å². The minimum Gasteiger partial charge on any atom is -0.365 e. The van der Waals surface area contributed by atoms with E-state index in [9.17, 15) is 0 Å². The molecule has 6 heteroatoms. The molecular formula is C24H28N6. The first-order valence-electron chi connectivity index (χ1n) is 10.1. The van der Waals surface area contributed by atoms with Gasteiger partial charge in [-0.1, -0.05) is 32.6 Å². The zero-order valence-corrected chi connectivity index (χ0v) is 17.8. The number of aromatic nitrogens is 3. The summed E-state index contributed by atoms with van der Waals surface area (Å²) >= 11 is 0. The molecule has 2 aromatic rings. The number of pyridine rings is 1. The predicted octanol–water partition coefficient (Wildman–Crippen LogP) is 4.98. The maximum absolute atomic E-state index is 9.10. The van der Waals surface area contributed by atoms with Crippen LogP contribution in [0.1, 0.15) is 44.0 Å². The van der Waals surface area contributed by atoms with Crippen molar-refractivity contribution in [1.29, 1.82) is 10.7 Å². The van der Waals surface area contributed by atoms with Crippen LogP contribution in [0.5, 0.6) is 0 Å². The molecular weight excluding hydrogens is 372 g/mol. The lowest BCUT2D eigenvalue weighted by molar-refractivity contribution is 0.312. The van der Waals surface area contributed by atoms with Crippen LogP contribution in [0.2, 0.25) is 0 Å². The molecule has 2 heterocycles. The van der Waals surface area contributed by atoms with Gasteiger partial charge in [0.05, 0.1) is 11.8 Å². The number of nitrogens with zero attached hydrogens (tertiary/aromatic N) is 3. The van der Waals surface area contributed by atoms with Crippen LogP contribution >= 0.6 is 0 Å². The molecule has 0 saturated heterocycles. The van der Waals surface area contributed by atoms with Gasteiger partial charge >= 0.3 is 0 Å². The highest BCUT2D eigenvalue weighted by Gasteiger charge is 2.29. The van der Waals surface area contributed by atoms with Crippen LogP contribution in [0.4, 0.5) is 5.82 Å². The van der Waals surface area contributed by atoms with Crippen molar-refractivity contribution >= 4 is 12.0 Å². The minimum absolute atomic E-state index is 0.289. The van der Waals surface area contributed by atoms with Gasteiger partial charge in [0.15, 0.2) is 0 Å². The van der Waals surface area contributed by atoms with E-state index in [0.29, 0.717) is 23.5 Å². The SMILES string of the molecule is C=C/C(=C\C(C#N)=C/C)CNc1ncc(-c2n[nH]c3c2CCC(C)(C)C3)cc1C=N. The lowest BCUT2D eigenvalue weighted by Gasteiger charge is -2.29. The van der Waals surface area contributed by atoms with Crippen molar-refractivity contribution in [2.45, 2.75) is 40.0 Å². The zero-order valence-electron chi connectivity index (χ0n) is 17.8. The number of rotatable bonds is 7. The quantitative estimate of drug-likeness (QED) is 0.347. The number of fused-ring (bicyclic) bond motifs is 1. The Hall–Kier alpha value is -3.46. The largest absolute Gasteiger partial charge is 0.365 e. The number of nitriles is 1. The Balaban J connectivity index is 1.83. The first-order valence-corrected chi connectivity index (χ1v) is 10.1. The molecule has 0 saturated carbocycles. The normalized spacial score (nSPS) is 15.8. The van der Waals surface area contributed by atoms with Crippen LogP contribution in [0, 0.1) is 22.2 Å². The summed E-state index contributed by atoms with van der Waals surface area (Å²) in [6.07, 6.45) is 11.5. The number of H-pyrrole nitrogens is 1. The van der Waals surface area contributed by atoms with Crippen LogP contribution in [0.3, 0.4) is 0 Å². The summed E-state index contributed by atoms with van der Waals surface area (Å²) in [7, 11) is 0. The highest BCUT2D eigenvalue weighted by molar-refractivity contribution is 5.86. The molecule has 3 rings (SSSR count). The van der Waals surface area contributed by atoms with Crippen molar-refractivity contribution in [1.82, 2.24) is 15.2 Å². The highest BCUT2D eigenvalue weighted by Crippen LogP contribution is 2.37. The third-order valence-corrected chi connectivity index (χ3v) is 5.51. The minimum atomic E-state index is 0.289. The molecule has 0 amide bonds. The van der Waals surface area contributed by atoms with Crippen LogP contribution in [0.15, 0.2) is 48.2 Å². The third-order valence-electron chi connectivity index (χ3n) is 5.51. The van der Waals surface area contributed by atoms with Gasteiger partial charge in [0.25, 0.3) is 0 Å². The first kappa shape index (κ1) is 21.3. The summed E-state index contributed by atoms with van der Waals surface area (Å²) in [6, 6.07) is 4.08. The Kier molecular flexibility index (Phi) is 6.31. The predicted molar refractivity (Wildman–Crippen MR) is 122 cm³/mol. The Morgan fingerprint density at radius 2 is 2.27 bits per heavy atom. The molecule has 1 aliphatic carbocycles. The molecule has 6 nitrogen and oxygen atoms in total. The molecule has 2 aromatic heterocycles. The van der Waals surface area contributed by atoms with Gasteiger partial charge in [0, 0.05) is 46.9 Å². The van der Waals surface area contributed by atoms with Crippen LogP contribution in [-0.4, -0.2) is 27.9 Å². The van der Waals surface area contributed by atoms with E-state index in [1.165, 1.54) is 17.5 Å².